The molecule has 1 fully saturated rings. The van der Waals surface area contributed by atoms with Crippen LogP contribution in [0.2, 0.25) is 0 Å². The van der Waals surface area contributed by atoms with Crippen molar-refractivity contribution in [3.05, 3.63) is 36.2 Å². The van der Waals surface area contributed by atoms with Crippen molar-refractivity contribution in [2.24, 2.45) is 0 Å². The molecule has 0 bridgehead atoms. The fourth-order valence-electron chi connectivity index (χ4n) is 2.37. The Morgan fingerprint density at radius 1 is 1.35 bits per heavy atom. The van der Waals surface area contributed by atoms with E-state index in [4.69, 9.17) is 0 Å². The van der Waals surface area contributed by atoms with Gasteiger partial charge in [-0.15, -0.1) is 5.10 Å². The van der Waals surface area contributed by atoms with Crippen molar-refractivity contribution in [2.45, 2.75) is 18.6 Å². The van der Waals surface area contributed by atoms with Gasteiger partial charge in [-0.3, -0.25) is 0 Å². The fraction of sp³-hybridized carbons (Fsp3) is 0.462. The topological polar surface area (TPSA) is 87.9 Å². The van der Waals surface area contributed by atoms with Crippen LogP contribution in [0.15, 0.2) is 30.3 Å². The predicted molar refractivity (Wildman–Crippen MR) is 73.3 cm³/mol. The maximum atomic E-state index is 10.2. The number of rotatable bonds is 5. The van der Waals surface area contributed by atoms with Crippen molar-refractivity contribution in [1.82, 2.24) is 30.8 Å². The first-order valence-corrected chi connectivity index (χ1v) is 6.73. The summed E-state index contributed by atoms with van der Waals surface area (Å²) >= 11 is 0. The summed E-state index contributed by atoms with van der Waals surface area (Å²) in [6, 6.07) is 9.75. The first-order chi connectivity index (χ1) is 9.77. The van der Waals surface area contributed by atoms with E-state index in [-0.39, 0.29) is 0 Å². The monoisotopic (exact) mass is 274 g/mol. The van der Waals surface area contributed by atoms with Gasteiger partial charge in [-0.2, -0.15) is 4.68 Å². The minimum atomic E-state index is -0.662. The second-order valence-corrected chi connectivity index (χ2v) is 5.10. The molecule has 1 atom stereocenters. The van der Waals surface area contributed by atoms with E-state index in [1.54, 1.807) is 4.68 Å². The van der Waals surface area contributed by atoms with Gasteiger partial charge in [0.05, 0.1) is 17.8 Å². The summed E-state index contributed by atoms with van der Waals surface area (Å²) in [5.41, 5.74) is 0.265. The highest BCUT2D eigenvalue weighted by Gasteiger charge is 2.30. The zero-order valence-corrected chi connectivity index (χ0v) is 11.2. The highest BCUT2D eigenvalue weighted by atomic mass is 16.3. The number of nitrogens with zero attached hydrogens (tertiary/aromatic N) is 4. The lowest BCUT2D eigenvalue weighted by molar-refractivity contribution is 0.0606. The second-order valence-electron chi connectivity index (χ2n) is 5.10. The van der Waals surface area contributed by atoms with Gasteiger partial charge in [0, 0.05) is 13.1 Å². The molecule has 106 valence electrons. The molecule has 3 N–H and O–H groups in total. The van der Waals surface area contributed by atoms with Crippen LogP contribution >= 0.6 is 0 Å². The lowest BCUT2D eigenvalue weighted by atomic mass is 10.0. The van der Waals surface area contributed by atoms with E-state index >= 15 is 0 Å². The molecule has 0 amide bonds. The standard InChI is InChI=1S/C13H18N6O/c20-13(6-7-14-9-13)10-15-8-12-16-17-18-19(12)11-4-2-1-3-5-11/h1-5,14-15,20H,6-10H2/t13-/m0/s1. The maximum absolute atomic E-state index is 10.2. The summed E-state index contributed by atoms with van der Waals surface area (Å²) in [6.07, 6.45) is 0.767. The van der Waals surface area contributed by atoms with Gasteiger partial charge in [-0.05, 0) is 35.5 Å². The smallest absolute Gasteiger partial charge is 0.170 e. The van der Waals surface area contributed by atoms with Crippen LogP contribution in [0.3, 0.4) is 0 Å². The first-order valence-electron chi connectivity index (χ1n) is 6.73. The Labute approximate surface area is 117 Å². The number of β-amino-alcohol motifs (C(OH)–C–C–N with tert-alkyl or cyclic N) is 1. The third kappa shape index (κ3) is 2.84. The Morgan fingerprint density at radius 3 is 2.95 bits per heavy atom. The molecular weight excluding hydrogens is 256 g/mol. The Kier molecular flexibility index (Phi) is 3.72. The van der Waals surface area contributed by atoms with E-state index in [0.29, 0.717) is 19.6 Å². The molecule has 1 aromatic carbocycles. The number of benzene rings is 1. The summed E-state index contributed by atoms with van der Waals surface area (Å²) in [7, 11) is 0. The van der Waals surface area contributed by atoms with Gasteiger partial charge < -0.3 is 15.7 Å². The van der Waals surface area contributed by atoms with E-state index in [2.05, 4.69) is 26.2 Å². The molecule has 0 radical (unpaired) electrons. The number of hydrogen-bond acceptors (Lipinski definition) is 6. The molecule has 1 aromatic heterocycles. The van der Waals surface area contributed by atoms with Crippen molar-refractivity contribution < 1.29 is 5.11 Å². The quantitative estimate of drug-likeness (QED) is 0.680. The Morgan fingerprint density at radius 2 is 2.20 bits per heavy atom. The third-order valence-corrected chi connectivity index (χ3v) is 3.49. The summed E-state index contributed by atoms with van der Waals surface area (Å²) in [5.74, 6) is 0.728. The zero-order valence-electron chi connectivity index (χ0n) is 11.2. The van der Waals surface area contributed by atoms with Crippen molar-refractivity contribution in [3.8, 4) is 5.69 Å². The molecule has 0 spiro atoms. The number of hydrogen-bond donors (Lipinski definition) is 3. The Bertz CT molecular complexity index is 549. The minimum absolute atomic E-state index is 0.518. The van der Waals surface area contributed by atoms with E-state index in [0.717, 1.165) is 24.5 Å². The summed E-state index contributed by atoms with van der Waals surface area (Å²) in [4.78, 5) is 0. The van der Waals surface area contributed by atoms with Gasteiger partial charge in [0.25, 0.3) is 0 Å². The second kappa shape index (κ2) is 5.66. The lowest BCUT2D eigenvalue weighted by Gasteiger charge is -2.21. The molecule has 3 rings (SSSR count). The number of aromatic nitrogens is 4. The van der Waals surface area contributed by atoms with Gasteiger partial charge in [0.2, 0.25) is 0 Å². The van der Waals surface area contributed by atoms with Crippen molar-refractivity contribution >= 4 is 0 Å². The minimum Gasteiger partial charge on any atom is -0.387 e. The van der Waals surface area contributed by atoms with Crippen LogP contribution in [-0.4, -0.2) is 50.5 Å². The molecular formula is C13H18N6O. The first kappa shape index (κ1) is 13.2. The molecule has 2 heterocycles. The highest BCUT2D eigenvalue weighted by Crippen LogP contribution is 2.13. The normalized spacial score (nSPS) is 22.2. The van der Waals surface area contributed by atoms with Crippen molar-refractivity contribution in [2.75, 3.05) is 19.6 Å². The summed E-state index contributed by atoms with van der Waals surface area (Å²) < 4.78 is 1.70. The maximum Gasteiger partial charge on any atom is 0.170 e. The van der Waals surface area contributed by atoms with Crippen LogP contribution in [0.4, 0.5) is 0 Å². The molecule has 1 aliphatic heterocycles. The summed E-state index contributed by atoms with van der Waals surface area (Å²) in [6.45, 7) is 2.54. The highest BCUT2D eigenvalue weighted by molar-refractivity contribution is 5.30. The molecule has 20 heavy (non-hydrogen) atoms. The molecule has 2 aromatic rings. The van der Waals surface area contributed by atoms with Crippen LogP contribution in [0.5, 0.6) is 0 Å². The zero-order chi connectivity index (χ0) is 13.8. The summed E-state index contributed by atoms with van der Waals surface area (Å²) in [5, 5.41) is 28.3. The Balaban J connectivity index is 1.63. The van der Waals surface area contributed by atoms with E-state index in [9.17, 15) is 5.11 Å². The molecule has 0 aliphatic carbocycles. The molecule has 0 unspecified atom stereocenters. The van der Waals surface area contributed by atoms with Crippen LogP contribution < -0.4 is 10.6 Å². The molecule has 1 saturated heterocycles. The number of tetrazole rings is 1. The molecule has 7 heteroatoms. The number of para-hydroxylation sites is 1. The van der Waals surface area contributed by atoms with Gasteiger partial charge >= 0.3 is 0 Å². The SMILES string of the molecule is O[C@@]1(CNCc2nnnn2-c2ccccc2)CCNC1. The predicted octanol–water partition coefficient (Wildman–Crippen LogP) is -0.524. The van der Waals surface area contributed by atoms with Crippen LogP contribution in [-0.2, 0) is 6.54 Å². The Hall–Kier alpha value is -1.83. The van der Waals surface area contributed by atoms with E-state index in [1.807, 2.05) is 30.3 Å². The fourth-order valence-corrected chi connectivity index (χ4v) is 2.37. The largest absolute Gasteiger partial charge is 0.387 e. The number of nitrogens with one attached hydrogen (secondary N) is 2. The van der Waals surface area contributed by atoms with Gasteiger partial charge in [0.1, 0.15) is 0 Å². The van der Waals surface area contributed by atoms with E-state index < -0.39 is 5.60 Å². The van der Waals surface area contributed by atoms with Gasteiger partial charge in [-0.1, -0.05) is 18.2 Å². The van der Waals surface area contributed by atoms with Gasteiger partial charge in [0.15, 0.2) is 5.82 Å². The third-order valence-electron chi connectivity index (χ3n) is 3.49. The van der Waals surface area contributed by atoms with E-state index in [1.165, 1.54) is 0 Å². The number of aliphatic hydroxyl groups is 1. The molecule has 7 nitrogen and oxygen atoms in total. The lowest BCUT2D eigenvalue weighted by Crippen LogP contribution is -2.42. The molecule has 1 aliphatic rings. The van der Waals surface area contributed by atoms with Crippen LogP contribution in [0.1, 0.15) is 12.2 Å². The average molecular weight is 274 g/mol. The van der Waals surface area contributed by atoms with Crippen molar-refractivity contribution in [3.63, 3.8) is 0 Å². The van der Waals surface area contributed by atoms with Crippen LogP contribution in [0, 0.1) is 0 Å². The van der Waals surface area contributed by atoms with Crippen LogP contribution in [0.25, 0.3) is 5.69 Å². The average Bonchev–Trinajstić information content (AvgIpc) is 3.10. The van der Waals surface area contributed by atoms with Crippen molar-refractivity contribution in [1.29, 1.82) is 0 Å². The van der Waals surface area contributed by atoms with Gasteiger partial charge in [-0.25, -0.2) is 0 Å². The molecule has 0 saturated carbocycles.